The second kappa shape index (κ2) is 13.5. The monoisotopic (exact) mass is 739 g/mol. The van der Waals surface area contributed by atoms with E-state index in [-0.39, 0.29) is 12.5 Å². The second-order valence-corrected chi connectivity index (χ2v) is 16.7. The number of pyridine rings is 2. The van der Waals surface area contributed by atoms with Gasteiger partial charge in [0.1, 0.15) is 0 Å². The molecule has 2 aromatic carbocycles. The number of aromatic nitrogens is 6. The number of likely N-dealkylation sites (N-methyl/N-ethyl adjacent to an activating group) is 1. The first-order chi connectivity index (χ1) is 26.7. The number of nitrogens with zero attached hydrogens (tertiary/aromatic N) is 9. The van der Waals surface area contributed by atoms with Crippen LogP contribution in [0.3, 0.4) is 0 Å². The highest BCUT2D eigenvalue weighted by Crippen LogP contribution is 2.51. The highest BCUT2D eigenvalue weighted by molar-refractivity contribution is 7.99. The Labute approximate surface area is 319 Å². The van der Waals surface area contributed by atoms with Gasteiger partial charge in [0.25, 0.3) is 0 Å². The lowest BCUT2D eigenvalue weighted by Crippen LogP contribution is -2.46. The third-order valence-corrected chi connectivity index (χ3v) is 13.5. The van der Waals surface area contributed by atoms with Gasteiger partial charge >= 0.3 is 0 Å². The molecule has 11 nitrogen and oxygen atoms in total. The third kappa shape index (κ3) is 5.56. The molecule has 2 bridgehead atoms. The van der Waals surface area contributed by atoms with Crippen molar-refractivity contribution in [2.75, 3.05) is 51.3 Å². The molecule has 0 amide bonds. The SMILES string of the molecule is CN1C[C@H]2C[C@@H]1CN2CCN1c2ccc(-c3ccnc4c3cnn4C3CCCCO3)cc2Sc2cc(-c3ccnc4c3cnn4C3CCCCO3)ccc21. The van der Waals surface area contributed by atoms with Crippen molar-refractivity contribution in [1.82, 2.24) is 39.3 Å². The van der Waals surface area contributed by atoms with Gasteiger partial charge in [0, 0.05) is 84.4 Å². The highest BCUT2D eigenvalue weighted by Gasteiger charge is 2.41. The van der Waals surface area contributed by atoms with Crippen LogP contribution in [0.4, 0.5) is 11.4 Å². The molecule has 4 aromatic heterocycles. The van der Waals surface area contributed by atoms with E-state index in [1.54, 1.807) is 0 Å². The van der Waals surface area contributed by atoms with E-state index in [0.717, 1.165) is 105 Å². The lowest BCUT2D eigenvalue weighted by Gasteiger charge is -2.37. The van der Waals surface area contributed by atoms with Crippen LogP contribution in [0.5, 0.6) is 0 Å². The van der Waals surface area contributed by atoms with Crippen molar-refractivity contribution in [3.8, 4) is 22.3 Å². The van der Waals surface area contributed by atoms with Crippen molar-refractivity contribution in [2.45, 2.75) is 79.3 Å². The molecule has 9 heterocycles. The molecule has 5 aliphatic heterocycles. The number of anilines is 2. The van der Waals surface area contributed by atoms with Crippen LogP contribution in [0.25, 0.3) is 44.3 Å². The largest absolute Gasteiger partial charge is 0.356 e. The first-order valence-corrected chi connectivity index (χ1v) is 20.5. The van der Waals surface area contributed by atoms with Gasteiger partial charge in [-0.2, -0.15) is 10.2 Å². The van der Waals surface area contributed by atoms with E-state index in [0.29, 0.717) is 12.1 Å². The first kappa shape index (κ1) is 33.0. The zero-order valence-electron chi connectivity index (χ0n) is 30.7. The van der Waals surface area contributed by atoms with Crippen molar-refractivity contribution < 1.29 is 9.47 Å². The van der Waals surface area contributed by atoms with Crippen LogP contribution in [0.1, 0.15) is 57.4 Å². The van der Waals surface area contributed by atoms with Gasteiger partial charge < -0.3 is 19.3 Å². The Bertz CT molecular complexity index is 2220. The van der Waals surface area contributed by atoms with Crippen LogP contribution in [-0.2, 0) is 9.47 Å². The summed E-state index contributed by atoms with van der Waals surface area (Å²) in [6, 6.07) is 19.6. The minimum atomic E-state index is -0.0554. The van der Waals surface area contributed by atoms with Crippen LogP contribution in [0.2, 0.25) is 0 Å². The van der Waals surface area contributed by atoms with Crippen molar-refractivity contribution >= 4 is 45.2 Å². The summed E-state index contributed by atoms with van der Waals surface area (Å²) in [5, 5.41) is 11.7. The van der Waals surface area contributed by atoms with Gasteiger partial charge in [-0.05, 0) is 111 Å². The Morgan fingerprint density at radius 2 is 1.28 bits per heavy atom. The van der Waals surface area contributed by atoms with Crippen LogP contribution < -0.4 is 4.90 Å². The Kier molecular flexibility index (Phi) is 8.23. The molecule has 0 aliphatic carbocycles. The minimum Gasteiger partial charge on any atom is -0.356 e. The fourth-order valence-electron chi connectivity index (χ4n) is 9.56. The molecule has 0 radical (unpaired) electrons. The summed E-state index contributed by atoms with van der Waals surface area (Å²) in [5.41, 5.74) is 8.93. The van der Waals surface area contributed by atoms with Crippen molar-refractivity contribution in [2.24, 2.45) is 0 Å². The van der Waals surface area contributed by atoms with E-state index < -0.39 is 0 Å². The fourth-order valence-corrected chi connectivity index (χ4v) is 10.7. The Balaban J connectivity index is 0.962. The predicted molar refractivity (Wildman–Crippen MR) is 211 cm³/mol. The normalized spacial score (nSPS) is 24.4. The minimum absolute atomic E-state index is 0.0554. The molecule has 4 atom stereocenters. The molecule has 0 saturated carbocycles. The maximum Gasteiger partial charge on any atom is 0.161 e. The van der Waals surface area contributed by atoms with Crippen molar-refractivity contribution in [1.29, 1.82) is 0 Å². The third-order valence-electron chi connectivity index (χ3n) is 12.4. The van der Waals surface area contributed by atoms with E-state index in [1.165, 1.54) is 45.3 Å². The maximum atomic E-state index is 6.10. The fraction of sp³-hybridized carbons (Fsp3) is 0.429. The van der Waals surface area contributed by atoms with Gasteiger partial charge in [-0.25, -0.2) is 19.3 Å². The molecule has 54 heavy (non-hydrogen) atoms. The van der Waals surface area contributed by atoms with E-state index >= 15 is 0 Å². The number of likely N-dealkylation sites (tertiary alicyclic amines) is 2. The van der Waals surface area contributed by atoms with Crippen LogP contribution in [-0.4, -0.2) is 97.9 Å². The van der Waals surface area contributed by atoms with E-state index in [1.807, 2.05) is 45.9 Å². The van der Waals surface area contributed by atoms with Gasteiger partial charge in [-0.15, -0.1) is 0 Å². The maximum absolute atomic E-state index is 6.10. The van der Waals surface area contributed by atoms with Crippen LogP contribution in [0, 0.1) is 0 Å². The summed E-state index contributed by atoms with van der Waals surface area (Å²) in [7, 11) is 2.28. The standard InChI is InChI=1S/C42H45N9O2S/c1-47-25-30-22-29(47)26-48(30)16-17-49-35-10-8-27(31-12-14-43-41-33(31)23-45-50(41)39-6-2-4-18-52-39)20-37(35)54-38-21-28(9-11-36(38)49)32-13-15-44-42-34(32)24-46-51(42)40-7-3-5-19-53-40/h8-15,20-21,23-24,29-30,39-40H,2-7,16-19,22,25-26H2,1H3/t29-,30-,39?,40?/m1/s1. The molecular weight excluding hydrogens is 695 g/mol. The average molecular weight is 740 g/mol. The lowest BCUT2D eigenvalue weighted by molar-refractivity contribution is -0.0371. The van der Waals surface area contributed by atoms with Gasteiger partial charge in [0.2, 0.25) is 0 Å². The van der Waals surface area contributed by atoms with Crippen molar-refractivity contribution in [3.05, 3.63) is 73.3 Å². The summed E-state index contributed by atoms with van der Waals surface area (Å²) in [5.74, 6) is 0. The first-order valence-electron chi connectivity index (χ1n) is 19.7. The quantitative estimate of drug-likeness (QED) is 0.161. The van der Waals surface area contributed by atoms with Gasteiger partial charge in [-0.3, -0.25) is 4.90 Å². The van der Waals surface area contributed by atoms with Gasteiger partial charge in [-0.1, -0.05) is 23.9 Å². The number of hydrogen-bond acceptors (Lipinski definition) is 10. The zero-order chi connectivity index (χ0) is 35.8. The molecule has 4 saturated heterocycles. The smallest absolute Gasteiger partial charge is 0.161 e. The van der Waals surface area contributed by atoms with Gasteiger partial charge in [0.05, 0.1) is 23.8 Å². The summed E-state index contributed by atoms with van der Waals surface area (Å²) in [4.78, 5) is 19.9. The molecule has 4 fully saturated rings. The second-order valence-electron chi connectivity index (χ2n) is 15.6. The van der Waals surface area contributed by atoms with Crippen LogP contribution >= 0.6 is 11.8 Å². The lowest BCUT2D eigenvalue weighted by atomic mass is 10.0. The Hall–Kier alpha value is -4.33. The molecule has 0 N–H and O–H groups in total. The van der Waals surface area contributed by atoms with Gasteiger partial charge in [0.15, 0.2) is 23.8 Å². The number of rotatable bonds is 7. The number of fused-ring (bicyclic) bond motifs is 6. The molecule has 0 spiro atoms. The molecule has 11 rings (SSSR count). The molecule has 12 heteroatoms. The van der Waals surface area contributed by atoms with E-state index in [4.69, 9.17) is 29.6 Å². The molecule has 6 aromatic rings. The topological polar surface area (TPSA) is 89.6 Å². The summed E-state index contributed by atoms with van der Waals surface area (Å²) < 4.78 is 16.2. The molecular formula is C42H45N9O2S. The molecule has 2 unspecified atom stereocenters. The number of piperazine rings is 1. The summed E-state index contributed by atoms with van der Waals surface area (Å²) in [6.07, 6.45) is 15.4. The van der Waals surface area contributed by atoms with E-state index in [2.05, 4.69) is 70.3 Å². The zero-order valence-corrected chi connectivity index (χ0v) is 31.5. The summed E-state index contributed by atoms with van der Waals surface area (Å²) >= 11 is 1.87. The molecule has 276 valence electrons. The number of ether oxygens (including phenoxy) is 2. The average Bonchev–Trinajstić information content (AvgIpc) is 4.03. The predicted octanol–water partition coefficient (Wildman–Crippen LogP) is 7.90. The highest BCUT2D eigenvalue weighted by atomic mass is 32.2. The Morgan fingerprint density at radius 1 is 0.685 bits per heavy atom. The van der Waals surface area contributed by atoms with E-state index in [9.17, 15) is 0 Å². The van der Waals surface area contributed by atoms with Crippen LogP contribution in [0.15, 0.2) is 83.1 Å². The molecule has 5 aliphatic rings. The number of hydrogen-bond donors (Lipinski definition) is 0. The summed E-state index contributed by atoms with van der Waals surface area (Å²) in [6.45, 7) is 5.87. The Morgan fingerprint density at radius 3 is 1.78 bits per heavy atom. The number of benzene rings is 2. The van der Waals surface area contributed by atoms with Crippen molar-refractivity contribution in [3.63, 3.8) is 0 Å².